The molecule has 0 saturated heterocycles. The van der Waals surface area contributed by atoms with Crippen LogP contribution in [0.5, 0.6) is 0 Å². The number of carbonyl (C=O) groups excluding carboxylic acids is 2. The molecular formula is C26H28N2O2. The number of nitrogens with two attached hydrogens (primary N) is 1. The van der Waals surface area contributed by atoms with Gasteiger partial charge in [-0.3, -0.25) is 9.59 Å². The standard InChI is InChI=1S/C26H28N2O2/c1-16-14-20(27)10-12-22(16)23-13-11-21(15-17(23)2)28-25(30)19-8-6-18(7-9-19)24(29)26(3,4)5/h6-15H,27H2,1-5H3,(H,28,30). The van der Waals surface area contributed by atoms with E-state index in [1.807, 2.05) is 71.0 Å². The normalized spacial score (nSPS) is 11.2. The van der Waals surface area contributed by atoms with Gasteiger partial charge in [0.15, 0.2) is 5.78 Å². The van der Waals surface area contributed by atoms with Crippen LogP contribution in [-0.2, 0) is 0 Å². The van der Waals surface area contributed by atoms with E-state index in [0.717, 1.165) is 33.6 Å². The summed E-state index contributed by atoms with van der Waals surface area (Å²) in [6.07, 6.45) is 0. The molecule has 4 heteroatoms. The molecule has 3 aromatic rings. The lowest BCUT2D eigenvalue weighted by Crippen LogP contribution is -2.20. The Kier molecular flexibility index (Phi) is 5.79. The lowest BCUT2D eigenvalue weighted by molar-refractivity contribution is 0.0857. The van der Waals surface area contributed by atoms with Crippen LogP contribution >= 0.6 is 0 Å². The lowest BCUT2D eigenvalue weighted by atomic mass is 9.86. The minimum Gasteiger partial charge on any atom is -0.399 e. The number of ketones is 1. The van der Waals surface area contributed by atoms with Gasteiger partial charge in [-0.2, -0.15) is 0 Å². The highest BCUT2D eigenvalue weighted by molar-refractivity contribution is 6.06. The molecule has 0 aliphatic carbocycles. The van der Waals surface area contributed by atoms with E-state index in [1.165, 1.54) is 0 Å². The second-order valence-corrected chi connectivity index (χ2v) is 8.71. The average molecular weight is 401 g/mol. The first kappa shape index (κ1) is 21.3. The summed E-state index contributed by atoms with van der Waals surface area (Å²) in [4.78, 5) is 25.0. The highest BCUT2D eigenvalue weighted by Crippen LogP contribution is 2.30. The maximum atomic E-state index is 12.6. The van der Waals surface area contributed by atoms with Gasteiger partial charge in [0.2, 0.25) is 0 Å². The third-order valence-corrected chi connectivity index (χ3v) is 5.12. The van der Waals surface area contributed by atoms with Crippen molar-refractivity contribution in [3.63, 3.8) is 0 Å². The van der Waals surface area contributed by atoms with E-state index >= 15 is 0 Å². The van der Waals surface area contributed by atoms with Crippen molar-refractivity contribution in [2.45, 2.75) is 34.6 Å². The average Bonchev–Trinajstić information content (AvgIpc) is 2.67. The van der Waals surface area contributed by atoms with Crippen molar-refractivity contribution in [2.24, 2.45) is 5.41 Å². The maximum absolute atomic E-state index is 12.6. The van der Waals surface area contributed by atoms with Crippen LogP contribution in [0, 0.1) is 19.3 Å². The van der Waals surface area contributed by atoms with Crippen molar-refractivity contribution in [3.8, 4) is 11.1 Å². The first-order valence-corrected chi connectivity index (χ1v) is 9.99. The van der Waals surface area contributed by atoms with Crippen molar-refractivity contribution in [1.29, 1.82) is 0 Å². The second-order valence-electron chi connectivity index (χ2n) is 8.71. The van der Waals surface area contributed by atoms with Crippen LogP contribution in [0.1, 0.15) is 52.6 Å². The van der Waals surface area contributed by atoms with Crippen LogP contribution in [0.2, 0.25) is 0 Å². The van der Waals surface area contributed by atoms with Crippen LogP contribution in [0.3, 0.4) is 0 Å². The van der Waals surface area contributed by atoms with E-state index in [9.17, 15) is 9.59 Å². The molecule has 30 heavy (non-hydrogen) atoms. The number of nitrogens with one attached hydrogen (secondary N) is 1. The largest absolute Gasteiger partial charge is 0.399 e. The molecule has 0 atom stereocenters. The van der Waals surface area contributed by atoms with Crippen molar-refractivity contribution >= 4 is 23.1 Å². The van der Waals surface area contributed by atoms with E-state index in [2.05, 4.69) is 5.32 Å². The van der Waals surface area contributed by atoms with E-state index in [-0.39, 0.29) is 11.7 Å². The first-order valence-electron chi connectivity index (χ1n) is 9.99. The molecule has 3 aromatic carbocycles. The number of hydrogen-bond acceptors (Lipinski definition) is 3. The Labute approximate surface area is 178 Å². The molecule has 4 nitrogen and oxygen atoms in total. The highest BCUT2D eigenvalue weighted by Gasteiger charge is 2.22. The lowest BCUT2D eigenvalue weighted by Gasteiger charge is -2.16. The van der Waals surface area contributed by atoms with Gasteiger partial charge >= 0.3 is 0 Å². The van der Waals surface area contributed by atoms with E-state index in [4.69, 9.17) is 5.73 Å². The summed E-state index contributed by atoms with van der Waals surface area (Å²) >= 11 is 0. The third-order valence-electron chi connectivity index (χ3n) is 5.12. The predicted octanol–water partition coefficient (Wildman–Crippen LogP) is 6.03. The number of aryl methyl sites for hydroxylation is 2. The molecule has 0 aromatic heterocycles. The van der Waals surface area contributed by atoms with Gasteiger partial charge in [0.05, 0.1) is 0 Å². The number of amides is 1. The summed E-state index contributed by atoms with van der Waals surface area (Å²) in [5.74, 6) is -0.154. The zero-order valence-corrected chi connectivity index (χ0v) is 18.2. The summed E-state index contributed by atoms with van der Waals surface area (Å²) in [7, 11) is 0. The SMILES string of the molecule is Cc1cc(N)ccc1-c1ccc(NC(=O)c2ccc(C(=O)C(C)(C)C)cc2)cc1C. The van der Waals surface area contributed by atoms with Gasteiger partial charge in [-0.1, -0.05) is 45.0 Å². The molecular weight excluding hydrogens is 372 g/mol. The number of anilines is 2. The van der Waals surface area contributed by atoms with Crippen molar-refractivity contribution in [2.75, 3.05) is 11.1 Å². The molecule has 1 amide bonds. The van der Waals surface area contributed by atoms with Gasteiger partial charge in [0.25, 0.3) is 5.91 Å². The van der Waals surface area contributed by atoms with E-state index in [0.29, 0.717) is 11.1 Å². The zero-order chi connectivity index (χ0) is 22.1. The Bertz CT molecular complexity index is 1110. The second kappa shape index (κ2) is 8.15. The molecule has 0 heterocycles. The maximum Gasteiger partial charge on any atom is 0.255 e. The summed E-state index contributed by atoms with van der Waals surface area (Å²) in [6, 6.07) is 18.5. The molecule has 3 rings (SSSR count). The fourth-order valence-electron chi connectivity index (χ4n) is 3.44. The van der Waals surface area contributed by atoms with Crippen molar-refractivity contribution < 1.29 is 9.59 Å². The molecule has 0 unspecified atom stereocenters. The minimum atomic E-state index is -0.453. The Hall–Kier alpha value is -3.40. The molecule has 0 spiro atoms. The molecule has 0 aliphatic rings. The van der Waals surface area contributed by atoms with Gasteiger partial charge in [0.1, 0.15) is 0 Å². The third kappa shape index (κ3) is 4.60. The number of nitrogen functional groups attached to an aromatic ring is 1. The first-order chi connectivity index (χ1) is 14.1. The van der Waals surface area contributed by atoms with Crippen molar-refractivity contribution in [1.82, 2.24) is 0 Å². The number of benzene rings is 3. The Morgan fingerprint density at radius 1 is 0.767 bits per heavy atom. The van der Waals surface area contributed by atoms with Crippen LogP contribution in [0.15, 0.2) is 60.7 Å². The zero-order valence-electron chi connectivity index (χ0n) is 18.2. The van der Waals surface area contributed by atoms with Crippen LogP contribution in [0.4, 0.5) is 11.4 Å². The predicted molar refractivity (Wildman–Crippen MR) is 124 cm³/mol. The van der Waals surface area contributed by atoms with Gasteiger partial charge in [-0.15, -0.1) is 0 Å². The number of carbonyl (C=O) groups is 2. The van der Waals surface area contributed by atoms with E-state index in [1.54, 1.807) is 24.3 Å². The van der Waals surface area contributed by atoms with Gasteiger partial charge in [-0.05, 0) is 72.5 Å². The fourth-order valence-corrected chi connectivity index (χ4v) is 3.44. The van der Waals surface area contributed by atoms with Gasteiger partial charge in [-0.25, -0.2) is 0 Å². The van der Waals surface area contributed by atoms with Crippen molar-refractivity contribution in [3.05, 3.63) is 82.9 Å². The van der Waals surface area contributed by atoms with Crippen LogP contribution in [0.25, 0.3) is 11.1 Å². The summed E-state index contributed by atoms with van der Waals surface area (Å²) in [6.45, 7) is 9.71. The monoisotopic (exact) mass is 400 g/mol. The number of rotatable bonds is 4. The topological polar surface area (TPSA) is 72.2 Å². The smallest absolute Gasteiger partial charge is 0.255 e. The van der Waals surface area contributed by atoms with Crippen LogP contribution < -0.4 is 11.1 Å². The quantitative estimate of drug-likeness (QED) is 0.415. The van der Waals surface area contributed by atoms with Crippen LogP contribution in [-0.4, -0.2) is 11.7 Å². The molecule has 0 radical (unpaired) electrons. The molecule has 0 bridgehead atoms. The van der Waals surface area contributed by atoms with Gasteiger partial charge in [0, 0.05) is 27.9 Å². The van der Waals surface area contributed by atoms with E-state index < -0.39 is 5.41 Å². The summed E-state index contributed by atoms with van der Waals surface area (Å²) in [5, 5.41) is 2.94. The highest BCUT2D eigenvalue weighted by atomic mass is 16.1. The Balaban J connectivity index is 1.77. The molecule has 0 saturated carbocycles. The minimum absolute atomic E-state index is 0.0543. The Morgan fingerprint density at radius 3 is 1.83 bits per heavy atom. The number of hydrogen-bond donors (Lipinski definition) is 2. The summed E-state index contributed by atoms with van der Waals surface area (Å²) in [5.41, 5.74) is 12.4. The fraction of sp³-hybridized carbons (Fsp3) is 0.231. The summed E-state index contributed by atoms with van der Waals surface area (Å²) < 4.78 is 0. The van der Waals surface area contributed by atoms with Gasteiger partial charge < -0.3 is 11.1 Å². The molecule has 0 aliphatic heterocycles. The molecule has 154 valence electrons. The molecule has 0 fully saturated rings. The molecule has 3 N–H and O–H groups in total. The Morgan fingerprint density at radius 2 is 1.30 bits per heavy atom. The number of Topliss-reactive ketones (excluding diaryl/α,β-unsaturated/α-hetero) is 1.